The van der Waals surface area contributed by atoms with E-state index in [2.05, 4.69) is 53.2 Å². The number of rotatable bonds is 7. The molecule has 3 nitrogen and oxygen atoms in total. The summed E-state index contributed by atoms with van der Waals surface area (Å²) in [5.74, 6) is 2.15. The molecule has 0 saturated heterocycles. The van der Waals surface area contributed by atoms with Gasteiger partial charge in [0.15, 0.2) is 5.96 Å². The van der Waals surface area contributed by atoms with Gasteiger partial charge in [-0.25, -0.2) is 0 Å². The topological polar surface area (TPSA) is 36.4 Å². The van der Waals surface area contributed by atoms with Gasteiger partial charge < -0.3 is 10.6 Å². The van der Waals surface area contributed by atoms with Crippen LogP contribution in [-0.4, -0.2) is 26.1 Å². The summed E-state index contributed by atoms with van der Waals surface area (Å²) in [4.78, 5) is 4.28. The number of thiophene rings is 1. The van der Waals surface area contributed by atoms with Gasteiger partial charge in [-0.2, -0.15) is 11.3 Å². The smallest absolute Gasteiger partial charge is 0.191 e. The molecule has 1 unspecified atom stereocenters. The van der Waals surface area contributed by atoms with E-state index < -0.39 is 0 Å². The molecule has 0 spiro atoms. The highest BCUT2D eigenvalue weighted by Gasteiger charge is 2.08. The fraction of sp³-hybridized carbons (Fsp3) is 0.667. The Kier molecular flexibility index (Phi) is 7.56. The zero-order valence-electron chi connectivity index (χ0n) is 12.6. The number of nitrogens with zero attached hydrogens (tertiary/aromatic N) is 1. The zero-order valence-corrected chi connectivity index (χ0v) is 13.4. The lowest BCUT2D eigenvalue weighted by molar-refractivity contribution is 0.481. The van der Waals surface area contributed by atoms with Crippen LogP contribution in [0.25, 0.3) is 0 Å². The van der Waals surface area contributed by atoms with E-state index in [1.807, 2.05) is 7.05 Å². The Bertz CT molecular complexity index is 355. The molecule has 0 radical (unpaired) electrons. The molecule has 0 aliphatic heterocycles. The molecule has 0 aliphatic carbocycles. The van der Waals surface area contributed by atoms with Gasteiger partial charge in [0, 0.05) is 20.1 Å². The highest BCUT2D eigenvalue weighted by atomic mass is 32.1. The zero-order chi connectivity index (χ0) is 14.1. The van der Waals surface area contributed by atoms with E-state index >= 15 is 0 Å². The molecule has 1 aromatic heterocycles. The predicted molar refractivity (Wildman–Crippen MR) is 86.2 cm³/mol. The molecular weight excluding hydrogens is 254 g/mol. The van der Waals surface area contributed by atoms with Crippen molar-refractivity contribution in [2.24, 2.45) is 10.9 Å². The predicted octanol–water partition coefficient (Wildman–Crippen LogP) is 3.45. The van der Waals surface area contributed by atoms with Crippen molar-refractivity contribution in [2.45, 2.75) is 39.5 Å². The van der Waals surface area contributed by atoms with Crippen LogP contribution in [0.15, 0.2) is 21.8 Å². The molecule has 4 heteroatoms. The Morgan fingerprint density at radius 2 is 1.95 bits per heavy atom. The molecule has 0 saturated carbocycles. The van der Waals surface area contributed by atoms with Gasteiger partial charge in [0.2, 0.25) is 0 Å². The Morgan fingerprint density at radius 1 is 1.26 bits per heavy atom. The molecule has 2 N–H and O–H groups in total. The summed E-state index contributed by atoms with van der Waals surface area (Å²) in [5.41, 5.74) is 1.40. The Balaban J connectivity index is 2.33. The molecule has 0 bridgehead atoms. The lowest BCUT2D eigenvalue weighted by Gasteiger charge is -2.18. The van der Waals surface area contributed by atoms with E-state index in [9.17, 15) is 0 Å². The molecule has 1 heterocycles. The van der Waals surface area contributed by atoms with Gasteiger partial charge >= 0.3 is 0 Å². The normalized spacial score (nSPS) is 13.6. The molecule has 108 valence electrons. The van der Waals surface area contributed by atoms with Crippen LogP contribution in [0.1, 0.15) is 45.1 Å². The maximum Gasteiger partial charge on any atom is 0.191 e. The van der Waals surface area contributed by atoms with Crippen molar-refractivity contribution in [3.8, 4) is 0 Å². The molecule has 0 fully saturated rings. The van der Waals surface area contributed by atoms with Crippen molar-refractivity contribution in [2.75, 3.05) is 20.1 Å². The van der Waals surface area contributed by atoms with Gasteiger partial charge in [0.1, 0.15) is 0 Å². The third-order valence-electron chi connectivity index (χ3n) is 3.62. The van der Waals surface area contributed by atoms with E-state index in [0.717, 1.165) is 25.0 Å². The maximum absolute atomic E-state index is 4.28. The van der Waals surface area contributed by atoms with Crippen molar-refractivity contribution in [3.63, 3.8) is 0 Å². The van der Waals surface area contributed by atoms with Crippen LogP contribution in [0, 0.1) is 5.92 Å². The second-order valence-corrected chi connectivity index (χ2v) is 5.75. The van der Waals surface area contributed by atoms with Gasteiger partial charge in [-0.15, -0.1) is 0 Å². The second-order valence-electron chi connectivity index (χ2n) is 4.97. The van der Waals surface area contributed by atoms with Gasteiger partial charge in [-0.05, 0) is 34.2 Å². The van der Waals surface area contributed by atoms with Crippen LogP contribution in [0.3, 0.4) is 0 Å². The highest BCUT2D eigenvalue weighted by Crippen LogP contribution is 2.16. The lowest BCUT2D eigenvalue weighted by Crippen LogP contribution is -2.41. The molecule has 19 heavy (non-hydrogen) atoms. The van der Waals surface area contributed by atoms with Gasteiger partial charge in [0.05, 0.1) is 0 Å². The third kappa shape index (κ3) is 5.64. The van der Waals surface area contributed by atoms with E-state index in [4.69, 9.17) is 0 Å². The molecule has 1 aromatic rings. The summed E-state index contributed by atoms with van der Waals surface area (Å²) in [7, 11) is 1.83. The maximum atomic E-state index is 4.28. The lowest BCUT2D eigenvalue weighted by atomic mass is 10.0. The summed E-state index contributed by atoms with van der Waals surface area (Å²) in [6.07, 6.45) is 2.43. The minimum absolute atomic E-state index is 0.512. The number of aliphatic imine (C=N–C) groups is 1. The van der Waals surface area contributed by atoms with Gasteiger partial charge in [0.25, 0.3) is 0 Å². The summed E-state index contributed by atoms with van der Waals surface area (Å²) >= 11 is 1.75. The molecule has 1 rings (SSSR count). The average Bonchev–Trinajstić information content (AvgIpc) is 2.97. The van der Waals surface area contributed by atoms with E-state index in [-0.39, 0.29) is 0 Å². The van der Waals surface area contributed by atoms with E-state index in [0.29, 0.717) is 5.92 Å². The Labute approximate surface area is 121 Å². The monoisotopic (exact) mass is 281 g/mol. The Hall–Kier alpha value is -1.03. The van der Waals surface area contributed by atoms with Crippen molar-refractivity contribution in [1.29, 1.82) is 0 Å². The Morgan fingerprint density at radius 3 is 2.47 bits per heavy atom. The molecule has 0 amide bonds. The van der Waals surface area contributed by atoms with Crippen LogP contribution >= 0.6 is 11.3 Å². The summed E-state index contributed by atoms with van der Waals surface area (Å²) in [5, 5.41) is 11.2. The van der Waals surface area contributed by atoms with Crippen molar-refractivity contribution >= 4 is 17.3 Å². The van der Waals surface area contributed by atoms with E-state index in [1.165, 1.54) is 18.4 Å². The van der Waals surface area contributed by atoms with Crippen molar-refractivity contribution in [3.05, 3.63) is 22.4 Å². The highest BCUT2D eigenvalue weighted by molar-refractivity contribution is 7.07. The number of guanidine groups is 1. The van der Waals surface area contributed by atoms with Crippen LogP contribution in [0.5, 0.6) is 0 Å². The first-order valence-electron chi connectivity index (χ1n) is 7.17. The fourth-order valence-electron chi connectivity index (χ4n) is 1.96. The first-order valence-corrected chi connectivity index (χ1v) is 8.12. The third-order valence-corrected chi connectivity index (χ3v) is 4.33. The fourth-order valence-corrected chi connectivity index (χ4v) is 2.74. The second kappa shape index (κ2) is 8.97. The summed E-state index contributed by atoms with van der Waals surface area (Å²) < 4.78 is 0. The first-order chi connectivity index (χ1) is 9.21. The summed E-state index contributed by atoms with van der Waals surface area (Å²) in [6, 6.07) is 2.19. The van der Waals surface area contributed by atoms with Crippen LogP contribution in [0.4, 0.5) is 0 Å². The van der Waals surface area contributed by atoms with Gasteiger partial charge in [-0.3, -0.25) is 4.99 Å². The number of hydrogen-bond acceptors (Lipinski definition) is 2. The van der Waals surface area contributed by atoms with E-state index in [1.54, 1.807) is 11.3 Å². The molecule has 0 aromatic carbocycles. The first kappa shape index (κ1) is 16.0. The van der Waals surface area contributed by atoms with Crippen LogP contribution in [-0.2, 0) is 0 Å². The molecule has 1 atom stereocenters. The molecular formula is C15H27N3S. The standard InChI is InChI=1S/C15H27N3S/c1-5-13(6-2)10-18-15(16-4)17-9-12(3)14-7-8-19-11-14/h7-8,11-13H,5-6,9-10H2,1-4H3,(H2,16,17,18). The van der Waals surface area contributed by atoms with Gasteiger partial charge in [-0.1, -0.05) is 33.6 Å². The van der Waals surface area contributed by atoms with Crippen molar-refractivity contribution < 1.29 is 0 Å². The summed E-state index contributed by atoms with van der Waals surface area (Å²) in [6.45, 7) is 8.64. The largest absolute Gasteiger partial charge is 0.356 e. The average molecular weight is 281 g/mol. The molecule has 0 aliphatic rings. The number of nitrogens with one attached hydrogen (secondary N) is 2. The van der Waals surface area contributed by atoms with Crippen LogP contribution < -0.4 is 10.6 Å². The number of hydrogen-bond donors (Lipinski definition) is 2. The van der Waals surface area contributed by atoms with Crippen molar-refractivity contribution in [1.82, 2.24) is 10.6 Å². The minimum atomic E-state index is 0.512. The minimum Gasteiger partial charge on any atom is -0.356 e. The van der Waals surface area contributed by atoms with Crippen LogP contribution in [0.2, 0.25) is 0 Å². The SMILES string of the molecule is CCC(CC)CNC(=NC)NCC(C)c1ccsc1. The quantitative estimate of drug-likeness (QED) is 0.593.